The number of para-hydroxylation sites is 1. The Bertz CT molecular complexity index is 708. The van der Waals surface area contributed by atoms with Crippen LogP contribution in [-0.2, 0) is 0 Å². The van der Waals surface area contributed by atoms with Gasteiger partial charge in [-0.2, -0.15) is 0 Å². The minimum Gasteiger partial charge on any atom is -0.264 e. The zero-order chi connectivity index (χ0) is 12.5. The Labute approximate surface area is 104 Å². The summed E-state index contributed by atoms with van der Waals surface area (Å²) >= 11 is 0. The van der Waals surface area contributed by atoms with Gasteiger partial charge >= 0.3 is 0 Å². The van der Waals surface area contributed by atoms with Crippen LogP contribution in [0, 0.1) is 12.7 Å². The van der Waals surface area contributed by atoms with Crippen LogP contribution < -0.4 is 0 Å². The van der Waals surface area contributed by atoms with E-state index in [0.29, 0.717) is 22.2 Å². The van der Waals surface area contributed by atoms with Gasteiger partial charge in [0.1, 0.15) is 5.82 Å². The number of benzene rings is 1. The summed E-state index contributed by atoms with van der Waals surface area (Å²) in [7, 11) is 0. The molecule has 18 heavy (non-hydrogen) atoms. The molecule has 0 spiro atoms. The molecule has 3 heteroatoms. The highest BCUT2D eigenvalue weighted by Crippen LogP contribution is 2.27. The summed E-state index contributed by atoms with van der Waals surface area (Å²) in [4.78, 5) is 8.58. The van der Waals surface area contributed by atoms with E-state index in [1.165, 1.54) is 0 Å². The van der Waals surface area contributed by atoms with Crippen LogP contribution in [0.4, 0.5) is 4.39 Å². The Morgan fingerprint density at radius 3 is 2.67 bits per heavy atom. The van der Waals surface area contributed by atoms with Gasteiger partial charge in [-0.25, -0.2) is 9.37 Å². The zero-order valence-electron chi connectivity index (χ0n) is 9.89. The van der Waals surface area contributed by atoms with Crippen molar-refractivity contribution in [2.45, 2.75) is 6.92 Å². The number of hydrogen-bond acceptors (Lipinski definition) is 2. The Kier molecular flexibility index (Phi) is 2.52. The van der Waals surface area contributed by atoms with Crippen molar-refractivity contribution >= 4 is 10.9 Å². The topological polar surface area (TPSA) is 25.8 Å². The fraction of sp³-hybridized carbons (Fsp3) is 0.0667. The average Bonchev–Trinajstić information content (AvgIpc) is 2.44. The molecule has 2 aromatic heterocycles. The van der Waals surface area contributed by atoms with Gasteiger partial charge in [0.05, 0.1) is 11.2 Å². The van der Waals surface area contributed by atoms with Gasteiger partial charge in [0.25, 0.3) is 0 Å². The average molecular weight is 238 g/mol. The monoisotopic (exact) mass is 238 g/mol. The molecule has 88 valence electrons. The molecule has 3 aromatic rings. The highest BCUT2D eigenvalue weighted by atomic mass is 19.1. The smallest absolute Gasteiger partial charge is 0.137 e. The van der Waals surface area contributed by atoms with E-state index in [0.717, 1.165) is 5.56 Å². The van der Waals surface area contributed by atoms with Crippen LogP contribution in [0.3, 0.4) is 0 Å². The second kappa shape index (κ2) is 4.18. The molecule has 0 aliphatic rings. The Hall–Kier alpha value is -2.29. The number of hydrogen-bond donors (Lipinski definition) is 0. The molecule has 0 fully saturated rings. The summed E-state index contributed by atoms with van der Waals surface area (Å²) in [5, 5.41) is 0.558. The largest absolute Gasteiger partial charge is 0.264 e. The molecule has 0 aliphatic heterocycles. The van der Waals surface area contributed by atoms with Crippen LogP contribution >= 0.6 is 0 Å². The molecule has 0 amide bonds. The van der Waals surface area contributed by atoms with E-state index in [-0.39, 0.29) is 5.82 Å². The molecular weight excluding hydrogens is 227 g/mol. The first kappa shape index (κ1) is 10.8. The first-order valence-corrected chi connectivity index (χ1v) is 5.72. The van der Waals surface area contributed by atoms with Crippen molar-refractivity contribution < 1.29 is 4.39 Å². The van der Waals surface area contributed by atoms with Crippen LogP contribution in [-0.4, -0.2) is 9.97 Å². The molecule has 0 unspecified atom stereocenters. The number of nitrogens with zero attached hydrogens (tertiary/aromatic N) is 2. The van der Waals surface area contributed by atoms with E-state index < -0.39 is 0 Å². The van der Waals surface area contributed by atoms with Crippen molar-refractivity contribution in [3.8, 4) is 11.3 Å². The van der Waals surface area contributed by atoms with Crippen LogP contribution in [0.1, 0.15) is 5.56 Å². The predicted octanol–water partition coefficient (Wildman–Crippen LogP) is 3.74. The summed E-state index contributed by atoms with van der Waals surface area (Å²) in [6.45, 7) is 1.75. The van der Waals surface area contributed by atoms with Gasteiger partial charge in [-0.1, -0.05) is 12.1 Å². The van der Waals surface area contributed by atoms with Gasteiger partial charge in [0, 0.05) is 28.9 Å². The maximum Gasteiger partial charge on any atom is 0.137 e. The number of rotatable bonds is 1. The zero-order valence-corrected chi connectivity index (χ0v) is 9.89. The third-order valence-corrected chi connectivity index (χ3v) is 2.99. The van der Waals surface area contributed by atoms with Crippen LogP contribution in [0.15, 0.2) is 48.8 Å². The highest BCUT2D eigenvalue weighted by molar-refractivity contribution is 5.83. The summed E-state index contributed by atoms with van der Waals surface area (Å²) in [6, 6.07) is 10.9. The van der Waals surface area contributed by atoms with E-state index in [9.17, 15) is 4.39 Å². The lowest BCUT2D eigenvalue weighted by atomic mass is 10.0. The number of fused-ring (bicyclic) bond motifs is 1. The maximum absolute atomic E-state index is 14.3. The van der Waals surface area contributed by atoms with E-state index in [4.69, 9.17) is 0 Å². The van der Waals surface area contributed by atoms with Gasteiger partial charge in [0.15, 0.2) is 0 Å². The van der Waals surface area contributed by atoms with E-state index in [1.807, 2.05) is 30.3 Å². The summed E-state index contributed by atoms with van der Waals surface area (Å²) in [5.41, 5.74) is 2.71. The molecule has 0 saturated heterocycles. The lowest BCUT2D eigenvalue weighted by Crippen LogP contribution is -1.95. The van der Waals surface area contributed by atoms with Gasteiger partial charge in [-0.05, 0) is 31.2 Å². The van der Waals surface area contributed by atoms with E-state index >= 15 is 0 Å². The van der Waals surface area contributed by atoms with Gasteiger partial charge in [-0.3, -0.25) is 4.98 Å². The molecule has 0 atom stereocenters. The first-order valence-electron chi connectivity index (χ1n) is 5.72. The van der Waals surface area contributed by atoms with Gasteiger partial charge in [-0.15, -0.1) is 0 Å². The molecule has 1 aromatic carbocycles. The maximum atomic E-state index is 14.3. The number of halogens is 1. The lowest BCUT2D eigenvalue weighted by molar-refractivity contribution is 0.630. The minimum absolute atomic E-state index is 0.209. The third-order valence-electron chi connectivity index (χ3n) is 2.99. The van der Waals surface area contributed by atoms with Gasteiger partial charge in [0.2, 0.25) is 0 Å². The minimum atomic E-state index is -0.209. The standard InChI is InChI=1S/C15H11FN2/c1-10-14(16)12-6-2-3-7-13(12)18-15(10)11-5-4-8-17-9-11/h2-9H,1H3. The molecule has 0 radical (unpaired) electrons. The summed E-state index contributed by atoms with van der Waals surface area (Å²) in [6.07, 6.45) is 3.39. The fourth-order valence-corrected chi connectivity index (χ4v) is 2.05. The van der Waals surface area contributed by atoms with Crippen molar-refractivity contribution in [3.63, 3.8) is 0 Å². The molecule has 0 bridgehead atoms. The second-order valence-electron chi connectivity index (χ2n) is 4.16. The van der Waals surface area contributed by atoms with Crippen molar-refractivity contribution in [1.82, 2.24) is 9.97 Å². The first-order chi connectivity index (χ1) is 8.77. The highest BCUT2D eigenvalue weighted by Gasteiger charge is 2.12. The molecule has 3 rings (SSSR count). The van der Waals surface area contributed by atoms with Crippen LogP contribution in [0.5, 0.6) is 0 Å². The van der Waals surface area contributed by atoms with Crippen LogP contribution in [0.25, 0.3) is 22.2 Å². The Morgan fingerprint density at radius 1 is 1.06 bits per heavy atom. The quantitative estimate of drug-likeness (QED) is 0.645. The van der Waals surface area contributed by atoms with Crippen molar-refractivity contribution in [2.24, 2.45) is 0 Å². The molecule has 0 saturated carbocycles. The second-order valence-corrected chi connectivity index (χ2v) is 4.16. The number of pyridine rings is 2. The van der Waals surface area contributed by atoms with Crippen molar-refractivity contribution in [3.05, 3.63) is 60.2 Å². The normalized spacial score (nSPS) is 10.8. The molecule has 0 aliphatic carbocycles. The van der Waals surface area contributed by atoms with Gasteiger partial charge < -0.3 is 0 Å². The number of aromatic nitrogens is 2. The van der Waals surface area contributed by atoms with Crippen LogP contribution in [0.2, 0.25) is 0 Å². The molecular formula is C15H11FN2. The molecule has 0 N–H and O–H groups in total. The van der Waals surface area contributed by atoms with Crippen molar-refractivity contribution in [2.75, 3.05) is 0 Å². The lowest BCUT2D eigenvalue weighted by Gasteiger charge is -2.08. The summed E-state index contributed by atoms with van der Waals surface area (Å²) < 4.78 is 14.3. The Morgan fingerprint density at radius 2 is 1.89 bits per heavy atom. The van der Waals surface area contributed by atoms with Crippen molar-refractivity contribution in [1.29, 1.82) is 0 Å². The van der Waals surface area contributed by atoms with E-state index in [1.54, 1.807) is 25.4 Å². The molecule has 2 nitrogen and oxygen atoms in total. The third kappa shape index (κ3) is 1.64. The predicted molar refractivity (Wildman–Crippen MR) is 69.7 cm³/mol. The fourth-order valence-electron chi connectivity index (χ4n) is 2.05. The Balaban J connectivity index is 2.34. The van der Waals surface area contributed by atoms with E-state index in [2.05, 4.69) is 9.97 Å². The summed E-state index contributed by atoms with van der Waals surface area (Å²) in [5.74, 6) is -0.209. The molecule has 2 heterocycles. The SMILES string of the molecule is Cc1c(-c2cccnc2)nc2ccccc2c1F.